The maximum absolute atomic E-state index is 13.8. The van der Waals surface area contributed by atoms with Gasteiger partial charge in [0.1, 0.15) is 11.9 Å². The Kier molecular flexibility index (Phi) is 7.24. The van der Waals surface area contributed by atoms with Crippen LogP contribution in [0.4, 0.5) is 16.0 Å². The summed E-state index contributed by atoms with van der Waals surface area (Å²) in [5.41, 5.74) is 2.56. The quantitative estimate of drug-likeness (QED) is 0.268. The number of nitrogens with zero attached hydrogens (tertiary/aromatic N) is 3. The second-order valence-corrected chi connectivity index (χ2v) is 12.3. The second kappa shape index (κ2) is 11.0. The Hall–Kier alpha value is -3.83. The average Bonchev–Trinajstić information content (AvgIpc) is 2.90. The third-order valence-corrected chi connectivity index (χ3v) is 9.31. The lowest BCUT2D eigenvalue weighted by atomic mass is 10.0. The number of halogens is 1. The van der Waals surface area contributed by atoms with Crippen LogP contribution >= 0.6 is 0 Å². The fourth-order valence-corrected chi connectivity index (χ4v) is 6.75. The highest BCUT2D eigenvalue weighted by Gasteiger charge is 2.32. The van der Waals surface area contributed by atoms with E-state index in [1.54, 1.807) is 30.6 Å². The van der Waals surface area contributed by atoms with Gasteiger partial charge in [-0.15, -0.1) is 0 Å². The third-order valence-electron chi connectivity index (χ3n) is 7.46. The van der Waals surface area contributed by atoms with E-state index in [2.05, 4.69) is 30.3 Å². The number of fused-ring (bicyclic) bond motifs is 1. The normalized spacial score (nSPS) is 19.6. The molecule has 1 saturated carbocycles. The summed E-state index contributed by atoms with van der Waals surface area (Å²) in [6.45, 7) is 2.87. The number of alkyl halides is 1. The standard InChI is InChI=1S/C29H31FN6O3S/c1-18-14-26(36-40(37,38)21-6-4-7-21)22-8-2-3-9-23(22)27(18)39-28-24(10-5-12-32-28)25-11-13-33-29(35-25)34-20-15-19(30)16-31-17-20/h2-3,5,8-14,19-21,31,36H,4,6-7,15-17H2,1H3,(H,33,34,35)/t19-,20-/m0/s1. The van der Waals surface area contributed by atoms with Crippen LogP contribution in [0.5, 0.6) is 11.6 Å². The molecule has 2 atom stereocenters. The Morgan fingerprint density at radius 2 is 1.85 bits per heavy atom. The van der Waals surface area contributed by atoms with Crippen molar-refractivity contribution in [2.75, 3.05) is 23.1 Å². The predicted molar refractivity (Wildman–Crippen MR) is 154 cm³/mol. The topological polar surface area (TPSA) is 118 Å². The molecule has 0 unspecified atom stereocenters. The van der Waals surface area contributed by atoms with Gasteiger partial charge in [0.25, 0.3) is 0 Å². The van der Waals surface area contributed by atoms with Crippen molar-refractivity contribution in [2.45, 2.75) is 50.1 Å². The number of rotatable bonds is 8. The van der Waals surface area contributed by atoms with Gasteiger partial charge < -0.3 is 15.4 Å². The van der Waals surface area contributed by atoms with Crippen molar-refractivity contribution in [3.63, 3.8) is 0 Å². The van der Waals surface area contributed by atoms with Crippen LogP contribution in [0.15, 0.2) is 60.9 Å². The van der Waals surface area contributed by atoms with Crippen molar-refractivity contribution in [3.8, 4) is 22.9 Å². The minimum absolute atomic E-state index is 0.113. The minimum Gasteiger partial charge on any atom is -0.437 e. The van der Waals surface area contributed by atoms with Crippen molar-refractivity contribution in [3.05, 3.63) is 66.5 Å². The van der Waals surface area contributed by atoms with Gasteiger partial charge in [-0.05, 0) is 49.6 Å². The van der Waals surface area contributed by atoms with Gasteiger partial charge in [-0.25, -0.2) is 27.8 Å². The number of hydrogen-bond donors (Lipinski definition) is 3. The van der Waals surface area contributed by atoms with E-state index in [0.717, 1.165) is 22.8 Å². The summed E-state index contributed by atoms with van der Waals surface area (Å²) >= 11 is 0. The number of ether oxygens (including phenoxy) is 1. The molecule has 2 aliphatic rings. The van der Waals surface area contributed by atoms with Crippen LogP contribution in [0.25, 0.3) is 22.0 Å². The van der Waals surface area contributed by atoms with E-state index in [-0.39, 0.29) is 11.3 Å². The highest BCUT2D eigenvalue weighted by Crippen LogP contribution is 2.40. The zero-order valence-corrected chi connectivity index (χ0v) is 22.9. The molecule has 1 saturated heterocycles. The zero-order chi connectivity index (χ0) is 27.7. The highest BCUT2D eigenvalue weighted by molar-refractivity contribution is 7.93. The second-order valence-electron chi connectivity index (χ2n) is 10.4. The molecule has 0 radical (unpaired) electrons. The van der Waals surface area contributed by atoms with Crippen molar-refractivity contribution in [2.24, 2.45) is 0 Å². The molecule has 9 nitrogen and oxygen atoms in total. The number of anilines is 2. The van der Waals surface area contributed by atoms with Gasteiger partial charge in [0.05, 0.1) is 22.2 Å². The fraction of sp³-hybridized carbons (Fsp3) is 0.345. The number of piperidine rings is 1. The number of pyridine rings is 1. The van der Waals surface area contributed by atoms with E-state index in [9.17, 15) is 12.8 Å². The van der Waals surface area contributed by atoms with Crippen LogP contribution in [-0.2, 0) is 10.0 Å². The van der Waals surface area contributed by atoms with E-state index in [4.69, 9.17) is 4.74 Å². The average molecular weight is 563 g/mol. The summed E-state index contributed by atoms with van der Waals surface area (Å²) in [6, 6.07) is 14.7. The number of hydrogen-bond acceptors (Lipinski definition) is 8. The minimum atomic E-state index is -3.47. The van der Waals surface area contributed by atoms with Crippen LogP contribution in [0.2, 0.25) is 0 Å². The van der Waals surface area contributed by atoms with E-state index in [0.29, 0.717) is 66.9 Å². The Bertz CT molecular complexity index is 1650. The van der Waals surface area contributed by atoms with Gasteiger partial charge in [-0.2, -0.15) is 0 Å². The Labute approximate surface area is 232 Å². The molecule has 1 aliphatic carbocycles. The highest BCUT2D eigenvalue weighted by atomic mass is 32.2. The first-order valence-corrected chi connectivity index (χ1v) is 15.0. The summed E-state index contributed by atoms with van der Waals surface area (Å²) in [6.07, 6.45) is 5.08. The molecular weight excluding hydrogens is 531 g/mol. The monoisotopic (exact) mass is 562 g/mol. The summed E-state index contributed by atoms with van der Waals surface area (Å²) in [5, 5.41) is 7.45. The number of sulfonamides is 1. The van der Waals surface area contributed by atoms with Gasteiger partial charge >= 0.3 is 0 Å². The fourth-order valence-electron chi connectivity index (χ4n) is 5.15. The van der Waals surface area contributed by atoms with Crippen LogP contribution in [0.3, 0.4) is 0 Å². The molecule has 40 heavy (non-hydrogen) atoms. The van der Waals surface area contributed by atoms with Crippen LogP contribution in [0, 0.1) is 6.92 Å². The first-order valence-electron chi connectivity index (χ1n) is 13.5. The lowest BCUT2D eigenvalue weighted by Gasteiger charge is -2.26. The number of aryl methyl sites for hydroxylation is 1. The van der Waals surface area contributed by atoms with Crippen LogP contribution in [-0.4, -0.2) is 53.9 Å². The van der Waals surface area contributed by atoms with E-state index in [1.807, 2.05) is 37.3 Å². The number of nitrogens with one attached hydrogen (secondary N) is 3. The smallest absolute Gasteiger partial charge is 0.235 e. The molecule has 3 heterocycles. The number of aromatic nitrogens is 3. The van der Waals surface area contributed by atoms with Gasteiger partial charge in [-0.3, -0.25) is 4.72 Å². The maximum Gasteiger partial charge on any atom is 0.235 e. The Morgan fingerprint density at radius 3 is 2.62 bits per heavy atom. The molecule has 0 amide bonds. The molecule has 0 spiro atoms. The molecule has 3 N–H and O–H groups in total. The van der Waals surface area contributed by atoms with Crippen molar-refractivity contribution in [1.82, 2.24) is 20.3 Å². The first kappa shape index (κ1) is 26.4. The van der Waals surface area contributed by atoms with E-state index < -0.39 is 16.2 Å². The molecule has 1 aliphatic heterocycles. The summed E-state index contributed by atoms with van der Waals surface area (Å²) < 4.78 is 48.9. The van der Waals surface area contributed by atoms with Gasteiger partial charge in [-0.1, -0.05) is 30.7 Å². The molecule has 208 valence electrons. The summed E-state index contributed by atoms with van der Waals surface area (Å²) in [4.78, 5) is 13.5. The Morgan fingerprint density at radius 1 is 1.02 bits per heavy atom. The largest absolute Gasteiger partial charge is 0.437 e. The molecule has 0 bridgehead atoms. The number of benzene rings is 2. The van der Waals surface area contributed by atoms with E-state index >= 15 is 0 Å². The lowest BCUT2D eigenvalue weighted by molar-refractivity contribution is 0.254. The predicted octanol–water partition coefficient (Wildman–Crippen LogP) is 5.20. The van der Waals surface area contributed by atoms with Crippen molar-refractivity contribution in [1.29, 1.82) is 0 Å². The first-order chi connectivity index (χ1) is 19.4. The van der Waals surface area contributed by atoms with Crippen LogP contribution in [0.1, 0.15) is 31.2 Å². The maximum atomic E-state index is 13.8. The van der Waals surface area contributed by atoms with Crippen molar-refractivity contribution >= 4 is 32.4 Å². The summed E-state index contributed by atoms with van der Waals surface area (Å²) in [7, 11) is -3.47. The Balaban J connectivity index is 1.32. The third kappa shape index (κ3) is 5.44. The van der Waals surface area contributed by atoms with Gasteiger partial charge in [0.2, 0.25) is 21.9 Å². The molecule has 11 heteroatoms. The van der Waals surface area contributed by atoms with E-state index in [1.165, 1.54) is 0 Å². The summed E-state index contributed by atoms with van der Waals surface area (Å²) in [5.74, 6) is 1.33. The zero-order valence-electron chi connectivity index (χ0n) is 22.1. The van der Waals surface area contributed by atoms with Gasteiger partial charge in [0, 0.05) is 48.7 Å². The molecule has 2 aromatic heterocycles. The lowest BCUT2D eigenvalue weighted by Crippen LogP contribution is -2.44. The van der Waals surface area contributed by atoms with Crippen LogP contribution < -0.4 is 20.1 Å². The molecule has 2 fully saturated rings. The molecule has 6 rings (SSSR count). The molecule has 4 aromatic rings. The van der Waals surface area contributed by atoms with Crippen molar-refractivity contribution < 1.29 is 17.5 Å². The molecular formula is C29H31FN6O3S. The van der Waals surface area contributed by atoms with Gasteiger partial charge in [0.15, 0.2) is 0 Å². The molecule has 2 aromatic carbocycles. The SMILES string of the molecule is Cc1cc(NS(=O)(=O)C2CCC2)c2ccccc2c1Oc1ncccc1-c1ccnc(N[C@@H]2CNC[C@@H](F)C2)n1.